The van der Waals surface area contributed by atoms with Crippen molar-refractivity contribution in [2.24, 2.45) is 11.8 Å². The molecule has 25 heteroatoms. The third-order valence-electron chi connectivity index (χ3n) is 16.5. The number of methoxy groups -OCH3 is 7. The van der Waals surface area contributed by atoms with E-state index in [0.717, 1.165) is 16.7 Å². The molecule has 10 unspecified atom stereocenters. The second-order valence-corrected chi connectivity index (χ2v) is 22.3. The summed E-state index contributed by atoms with van der Waals surface area (Å²) < 4.78 is 106. The molecule has 0 bridgehead atoms. The minimum absolute atomic E-state index is 0. The number of rotatable bonds is 34. The first kappa shape index (κ1) is 73.5. The van der Waals surface area contributed by atoms with Gasteiger partial charge in [-0.15, -0.1) is 0 Å². The van der Waals surface area contributed by atoms with Gasteiger partial charge in [0.15, 0.2) is 43.2 Å². The molecular weight excluding hydrogens is 1420 g/mol. The van der Waals surface area contributed by atoms with E-state index in [9.17, 15) is 24.9 Å². The van der Waals surface area contributed by atoms with Crippen molar-refractivity contribution in [3.05, 3.63) is 179 Å². The number of ether oxygens (including phenoxy) is 17. The van der Waals surface area contributed by atoms with Gasteiger partial charge < -0.3 is 95.8 Å². The van der Waals surface area contributed by atoms with Gasteiger partial charge in [0.1, 0.15) is 87.0 Å². The summed E-state index contributed by atoms with van der Waals surface area (Å²) in [7, 11) is 9.71. The van der Waals surface area contributed by atoms with E-state index in [1.807, 2.05) is 127 Å². The molecule has 5 aromatic rings. The Hall–Kier alpha value is -4.32. The predicted octanol–water partition coefficient (Wildman–Crippen LogP) is 5.13. The molecule has 0 aromatic heterocycles. The molecule has 3 N–H and O–H groups in total. The number of hydrogen-bond donors (Lipinski definition) is 3. The molecule has 4 fully saturated rings. The molecule has 1 aliphatic carbocycles. The third kappa shape index (κ3) is 18.6. The minimum atomic E-state index is -1.92. The summed E-state index contributed by atoms with van der Waals surface area (Å²) >= 11 is 0. The number of carbonyl (C=O) groups is 2. The number of aliphatic hydroxyl groups is 3. The first-order chi connectivity index (χ1) is 44.4. The summed E-state index contributed by atoms with van der Waals surface area (Å²) in [6.45, 7) is -0.510. The van der Waals surface area contributed by atoms with E-state index in [2.05, 4.69) is 0 Å². The molecule has 24 nitrogen and oxygen atoms in total. The van der Waals surface area contributed by atoms with Crippen molar-refractivity contribution < 1.29 is 159 Å². The summed E-state index contributed by atoms with van der Waals surface area (Å²) in [6.07, 6.45) is -23.8. The van der Waals surface area contributed by atoms with Gasteiger partial charge in [-0.05, 0) is 27.8 Å². The van der Waals surface area contributed by atoms with Crippen molar-refractivity contribution in [3.63, 3.8) is 0 Å². The average molecular weight is 1500 g/mol. The number of benzene rings is 5. The molecule has 92 heavy (non-hydrogen) atoms. The average Bonchev–Trinajstić information content (AvgIpc) is 1.54. The van der Waals surface area contributed by atoms with E-state index >= 15 is 0 Å². The Bertz CT molecular complexity index is 2910. The summed E-state index contributed by atoms with van der Waals surface area (Å²) in [4.78, 5) is 40.2. The van der Waals surface area contributed by atoms with Crippen molar-refractivity contribution in [3.8, 4) is 0 Å². The standard InChI is InChI=1S/C67H84O24.Ac/c1-73-39-47-53(88-65-60(77-5)56(76-4)52(70)57(89-65)62(71)83-37-44-29-19-11-20-30-44)51(69)58(81-35-42-25-15-9-16-26-42)66(86-47)90-67(79-7)46(33-49(68)80-34-41-23-13-8-14-24-41)50(67)55(75-3)63(72)87-54-48(40-74-2)85-64(78-6)61(82-36-43-27-17-10-18-28-43)59(54)91-84-38-45-31-21-12-22-32-45;/h8-32,46-48,50-61,63-66,69-70,72H,33-40H2,1-7H3;/t46-,47?,48?,50+,51+,52+,53-,54-,55?,56?,57?,58?,59?,60?,61?,63-,64+,65-,66+,67?;/m1./s1. The van der Waals surface area contributed by atoms with Crippen molar-refractivity contribution >= 4 is 11.9 Å². The second kappa shape index (κ2) is 36.7. The summed E-state index contributed by atoms with van der Waals surface area (Å²) in [5.41, 5.74) is 3.76. The minimum Gasteiger partial charge on any atom is -0.461 e. The monoisotopic (exact) mass is 1500 g/mol. The van der Waals surface area contributed by atoms with Gasteiger partial charge in [-0.1, -0.05) is 152 Å². The Morgan fingerprint density at radius 1 is 0.511 bits per heavy atom. The molecule has 0 spiro atoms. The SMILES string of the molecule is COCC1O[C@H](OC)C(OCc2ccccc2)C(OOCc2ccccc2)[C@@H]1O[C@@H](O)C(OC)[C@@H]1[C@@H](CC(=O)OCc2ccccc2)C1(OC)O[C@@H]1OC(COC)[C@@H](O[C@@H]2OC(C(=O)OCc3ccccc3)[C@@H](O)C(OC)C2OC)[C@H](O)C1OCc1ccccc1.[Ac]. The second-order valence-electron chi connectivity index (χ2n) is 22.3. The van der Waals surface area contributed by atoms with Crippen LogP contribution in [0, 0.1) is 55.9 Å². The zero-order chi connectivity index (χ0) is 64.3. The van der Waals surface area contributed by atoms with Crippen LogP contribution in [0.4, 0.5) is 0 Å². The van der Waals surface area contributed by atoms with Crippen molar-refractivity contribution in [1.29, 1.82) is 0 Å². The molecule has 4 aliphatic rings. The summed E-state index contributed by atoms with van der Waals surface area (Å²) in [5, 5.41) is 37.1. The van der Waals surface area contributed by atoms with Crippen LogP contribution < -0.4 is 0 Å². The normalized spacial score (nSPS) is 31.0. The number of esters is 2. The molecule has 20 atom stereocenters. The Morgan fingerprint density at radius 2 is 1.00 bits per heavy atom. The van der Waals surface area contributed by atoms with Crippen LogP contribution in [0.25, 0.3) is 0 Å². The molecule has 0 amide bonds. The first-order valence-electron chi connectivity index (χ1n) is 30.1. The van der Waals surface area contributed by atoms with Crippen LogP contribution in [0.2, 0.25) is 0 Å². The van der Waals surface area contributed by atoms with Gasteiger partial charge in [0.05, 0.1) is 38.8 Å². The molecular formula is C67H84AcO24. The van der Waals surface area contributed by atoms with Crippen LogP contribution in [0.15, 0.2) is 152 Å². The van der Waals surface area contributed by atoms with Gasteiger partial charge in [-0.3, -0.25) is 4.79 Å². The van der Waals surface area contributed by atoms with Gasteiger partial charge >= 0.3 is 11.9 Å². The van der Waals surface area contributed by atoms with Gasteiger partial charge in [-0.2, -0.15) is 0 Å². The van der Waals surface area contributed by atoms with E-state index in [-0.39, 0.29) is 96.7 Å². The smallest absolute Gasteiger partial charge is 0.338 e. The fourth-order valence-electron chi connectivity index (χ4n) is 11.9. The molecule has 1 radical (unpaired) electrons. The van der Waals surface area contributed by atoms with Crippen LogP contribution in [-0.4, -0.2) is 201 Å². The molecule has 499 valence electrons. The Morgan fingerprint density at radius 3 is 1.50 bits per heavy atom. The quantitative estimate of drug-likeness (QED) is 0.0209. The van der Waals surface area contributed by atoms with E-state index < -0.39 is 134 Å². The maximum absolute atomic E-state index is 14.2. The molecule has 3 saturated heterocycles. The first-order valence-corrected chi connectivity index (χ1v) is 30.1. The molecule has 1 saturated carbocycles. The maximum atomic E-state index is 14.2. The Kier molecular flexibility index (Phi) is 29.3. The van der Waals surface area contributed by atoms with Gasteiger partial charge in [-0.25, -0.2) is 14.6 Å². The van der Waals surface area contributed by atoms with Crippen LogP contribution in [0.1, 0.15) is 34.2 Å². The maximum Gasteiger partial charge on any atom is 0.338 e. The molecule has 3 heterocycles. The van der Waals surface area contributed by atoms with Gasteiger partial charge in [0.25, 0.3) is 0 Å². The van der Waals surface area contributed by atoms with E-state index in [1.165, 1.54) is 49.8 Å². The van der Waals surface area contributed by atoms with Crippen molar-refractivity contribution in [2.75, 3.05) is 63.0 Å². The van der Waals surface area contributed by atoms with E-state index in [0.29, 0.717) is 11.1 Å². The molecule has 3 aliphatic heterocycles. The van der Waals surface area contributed by atoms with Gasteiger partial charge in [0.2, 0.25) is 0 Å². The van der Waals surface area contributed by atoms with Crippen LogP contribution >= 0.6 is 0 Å². The molecule has 5 aromatic carbocycles. The van der Waals surface area contributed by atoms with Crippen molar-refractivity contribution in [1.82, 2.24) is 0 Å². The zero-order valence-electron chi connectivity index (χ0n) is 52.6. The number of hydrogen-bond acceptors (Lipinski definition) is 24. The third-order valence-corrected chi connectivity index (χ3v) is 16.5. The summed E-state index contributed by atoms with van der Waals surface area (Å²) in [6, 6.07) is 46.0. The van der Waals surface area contributed by atoms with Crippen LogP contribution in [0.5, 0.6) is 0 Å². The predicted molar refractivity (Wildman–Crippen MR) is 318 cm³/mol. The van der Waals surface area contributed by atoms with E-state index in [1.54, 1.807) is 24.3 Å². The largest absolute Gasteiger partial charge is 0.461 e. The Labute approximate surface area is 571 Å². The van der Waals surface area contributed by atoms with Crippen molar-refractivity contribution in [2.45, 2.75) is 150 Å². The van der Waals surface area contributed by atoms with E-state index in [4.69, 9.17) is 90.3 Å². The Balaban J connectivity index is 0.0000109. The number of aliphatic hydroxyl groups excluding tert-OH is 3. The topological polar surface area (TPSA) is 270 Å². The van der Waals surface area contributed by atoms with Crippen LogP contribution in [-0.2, 0) is 133 Å². The fourth-order valence-corrected chi connectivity index (χ4v) is 11.9. The molecule has 9 rings (SSSR count). The number of carbonyl (C=O) groups excluding carboxylic acids is 2. The zero-order valence-corrected chi connectivity index (χ0v) is 57.3. The fraction of sp³-hybridized carbons (Fsp3) is 0.522. The van der Waals surface area contributed by atoms with Crippen LogP contribution in [0.3, 0.4) is 0 Å². The summed E-state index contributed by atoms with van der Waals surface area (Å²) in [5.74, 6) is -5.59. The van der Waals surface area contributed by atoms with Gasteiger partial charge in [0, 0.05) is 99.7 Å².